The van der Waals surface area contributed by atoms with Crippen LogP contribution in [0.1, 0.15) is 35.4 Å². The molecule has 5 rings (SSSR count). The molecule has 1 aliphatic rings. The monoisotopic (exact) mass is 500 g/mol. The van der Waals surface area contributed by atoms with Gasteiger partial charge in [0.1, 0.15) is 17.1 Å². The van der Waals surface area contributed by atoms with E-state index >= 15 is 0 Å². The summed E-state index contributed by atoms with van der Waals surface area (Å²) in [6, 6.07) is 25.3. The summed E-state index contributed by atoms with van der Waals surface area (Å²) in [5, 5.41) is 8.48. The van der Waals surface area contributed by atoms with Crippen LogP contribution in [0.3, 0.4) is 0 Å². The van der Waals surface area contributed by atoms with Gasteiger partial charge in [0.2, 0.25) is 0 Å². The Morgan fingerprint density at radius 1 is 1.00 bits per heavy atom. The van der Waals surface area contributed by atoms with E-state index in [1.165, 1.54) is 11.1 Å². The van der Waals surface area contributed by atoms with Crippen molar-refractivity contribution in [3.8, 4) is 11.5 Å². The standard InChI is InChI=1S/C31H36N2O4/c1-34-30-6-3-2-5-26(30)22-35-16-4-17-36-27-10-8-24(9-11-27)28-13-15-32-21-29(28)33-20-23-7-12-31-25(19-23)14-18-37-31/h2-3,5-12,14,18-19,28-29,32-33H,4,13,15-17,20-22H2,1H3. The molecular weight excluding hydrogens is 464 g/mol. The number of hydrogen-bond acceptors (Lipinski definition) is 6. The van der Waals surface area contributed by atoms with Crippen molar-refractivity contribution in [2.24, 2.45) is 0 Å². The van der Waals surface area contributed by atoms with Crippen LogP contribution in [0.4, 0.5) is 0 Å². The summed E-state index contributed by atoms with van der Waals surface area (Å²) >= 11 is 0. The van der Waals surface area contributed by atoms with E-state index in [-0.39, 0.29) is 0 Å². The molecule has 2 N–H and O–H groups in total. The van der Waals surface area contributed by atoms with Crippen LogP contribution in [0.25, 0.3) is 11.0 Å². The average molecular weight is 501 g/mol. The summed E-state index contributed by atoms with van der Waals surface area (Å²) in [4.78, 5) is 0. The molecule has 2 unspecified atom stereocenters. The molecule has 6 nitrogen and oxygen atoms in total. The first-order valence-electron chi connectivity index (χ1n) is 13.1. The Labute approximate surface area is 218 Å². The maximum absolute atomic E-state index is 5.97. The Kier molecular flexibility index (Phi) is 8.74. The predicted octanol–water partition coefficient (Wildman–Crippen LogP) is 5.66. The highest BCUT2D eigenvalue weighted by Crippen LogP contribution is 2.28. The molecule has 0 radical (unpaired) electrons. The highest BCUT2D eigenvalue weighted by Gasteiger charge is 2.26. The van der Waals surface area contributed by atoms with Crippen molar-refractivity contribution in [2.45, 2.75) is 38.0 Å². The van der Waals surface area contributed by atoms with E-state index < -0.39 is 0 Å². The Hall–Kier alpha value is -3.32. The molecule has 1 aromatic heterocycles. The molecule has 37 heavy (non-hydrogen) atoms. The zero-order valence-electron chi connectivity index (χ0n) is 21.5. The molecule has 4 aromatic rings. The van der Waals surface area contributed by atoms with Crippen LogP contribution >= 0.6 is 0 Å². The number of rotatable bonds is 12. The molecule has 1 saturated heterocycles. The molecule has 2 heterocycles. The molecule has 0 aliphatic carbocycles. The molecule has 3 aromatic carbocycles. The van der Waals surface area contributed by atoms with Crippen molar-refractivity contribution in [3.63, 3.8) is 0 Å². The van der Waals surface area contributed by atoms with Gasteiger partial charge in [0.25, 0.3) is 0 Å². The minimum absolute atomic E-state index is 0.376. The van der Waals surface area contributed by atoms with Crippen LogP contribution in [0.5, 0.6) is 11.5 Å². The molecule has 6 heteroatoms. The van der Waals surface area contributed by atoms with Gasteiger partial charge in [0.15, 0.2) is 0 Å². The van der Waals surface area contributed by atoms with Gasteiger partial charge < -0.3 is 29.3 Å². The maximum Gasteiger partial charge on any atom is 0.133 e. The molecule has 1 aliphatic heterocycles. The zero-order valence-corrected chi connectivity index (χ0v) is 21.5. The van der Waals surface area contributed by atoms with Crippen LogP contribution in [0, 0.1) is 0 Å². The quantitative estimate of drug-likeness (QED) is 0.245. The predicted molar refractivity (Wildman–Crippen MR) is 146 cm³/mol. The number of nitrogens with one attached hydrogen (secondary N) is 2. The number of ether oxygens (including phenoxy) is 3. The summed E-state index contributed by atoms with van der Waals surface area (Å²) in [6.45, 7) is 4.66. The van der Waals surface area contributed by atoms with Gasteiger partial charge >= 0.3 is 0 Å². The molecular formula is C31H36N2O4. The number of para-hydroxylation sites is 1. The molecule has 1 fully saturated rings. The highest BCUT2D eigenvalue weighted by atomic mass is 16.5. The minimum atomic E-state index is 0.376. The summed E-state index contributed by atoms with van der Waals surface area (Å²) in [5.41, 5.74) is 4.63. The van der Waals surface area contributed by atoms with Crippen molar-refractivity contribution in [2.75, 3.05) is 33.4 Å². The van der Waals surface area contributed by atoms with Gasteiger partial charge in [-0.05, 0) is 60.5 Å². The molecule has 194 valence electrons. The highest BCUT2D eigenvalue weighted by molar-refractivity contribution is 5.77. The largest absolute Gasteiger partial charge is 0.496 e. The van der Waals surface area contributed by atoms with Crippen LogP contribution in [-0.2, 0) is 17.9 Å². The van der Waals surface area contributed by atoms with E-state index in [4.69, 9.17) is 18.6 Å². The normalized spacial score (nSPS) is 17.6. The first kappa shape index (κ1) is 25.3. The van der Waals surface area contributed by atoms with Gasteiger partial charge in [-0.3, -0.25) is 0 Å². The average Bonchev–Trinajstić information content (AvgIpc) is 3.42. The lowest BCUT2D eigenvalue weighted by atomic mass is 9.86. The van der Waals surface area contributed by atoms with E-state index in [0.29, 0.717) is 31.8 Å². The van der Waals surface area contributed by atoms with Crippen molar-refractivity contribution < 1.29 is 18.6 Å². The van der Waals surface area contributed by atoms with Gasteiger partial charge in [-0.2, -0.15) is 0 Å². The Morgan fingerprint density at radius 3 is 2.78 bits per heavy atom. The summed E-state index contributed by atoms with van der Waals surface area (Å²) in [6.07, 6.45) is 3.69. The number of methoxy groups -OCH3 is 1. The number of hydrogen-bond donors (Lipinski definition) is 2. The Bertz CT molecular complexity index is 1250. The smallest absolute Gasteiger partial charge is 0.133 e. The number of piperidine rings is 1. The van der Waals surface area contributed by atoms with E-state index in [1.54, 1.807) is 13.4 Å². The Balaban J connectivity index is 1.07. The van der Waals surface area contributed by atoms with Gasteiger partial charge in [-0.25, -0.2) is 0 Å². The second kappa shape index (κ2) is 12.8. The van der Waals surface area contributed by atoms with Crippen molar-refractivity contribution >= 4 is 11.0 Å². The van der Waals surface area contributed by atoms with Crippen molar-refractivity contribution in [1.29, 1.82) is 0 Å². The van der Waals surface area contributed by atoms with Gasteiger partial charge in [-0.1, -0.05) is 36.4 Å². The van der Waals surface area contributed by atoms with E-state index in [0.717, 1.165) is 60.5 Å². The first-order chi connectivity index (χ1) is 18.3. The first-order valence-corrected chi connectivity index (χ1v) is 13.1. The van der Waals surface area contributed by atoms with Gasteiger partial charge in [0.05, 0.1) is 33.2 Å². The minimum Gasteiger partial charge on any atom is -0.496 e. The summed E-state index contributed by atoms with van der Waals surface area (Å²) in [5.74, 6) is 2.23. The number of fused-ring (bicyclic) bond motifs is 1. The fourth-order valence-electron chi connectivity index (χ4n) is 5.01. The van der Waals surface area contributed by atoms with E-state index in [2.05, 4.69) is 47.0 Å². The molecule has 0 bridgehead atoms. The van der Waals surface area contributed by atoms with Crippen LogP contribution < -0.4 is 20.1 Å². The third kappa shape index (κ3) is 6.72. The lowest BCUT2D eigenvalue weighted by Gasteiger charge is -2.33. The lowest BCUT2D eigenvalue weighted by Crippen LogP contribution is -2.47. The van der Waals surface area contributed by atoms with Crippen LogP contribution in [-0.4, -0.2) is 39.5 Å². The van der Waals surface area contributed by atoms with E-state index in [9.17, 15) is 0 Å². The fraction of sp³-hybridized carbons (Fsp3) is 0.355. The SMILES string of the molecule is COc1ccccc1COCCCOc1ccc(C2CCNCC2NCc2ccc3occc3c2)cc1. The lowest BCUT2D eigenvalue weighted by molar-refractivity contribution is 0.105. The van der Waals surface area contributed by atoms with E-state index in [1.807, 2.05) is 36.4 Å². The van der Waals surface area contributed by atoms with Crippen molar-refractivity contribution in [3.05, 3.63) is 95.7 Å². The second-order valence-corrected chi connectivity index (χ2v) is 9.51. The fourth-order valence-corrected chi connectivity index (χ4v) is 5.01. The molecule has 0 saturated carbocycles. The van der Waals surface area contributed by atoms with Crippen LogP contribution in [0.2, 0.25) is 0 Å². The maximum atomic E-state index is 5.97. The van der Waals surface area contributed by atoms with Gasteiger partial charge in [-0.15, -0.1) is 0 Å². The topological polar surface area (TPSA) is 64.9 Å². The molecule has 0 spiro atoms. The number of benzene rings is 3. The van der Waals surface area contributed by atoms with Crippen molar-refractivity contribution in [1.82, 2.24) is 10.6 Å². The zero-order chi connectivity index (χ0) is 25.3. The Morgan fingerprint density at radius 2 is 1.89 bits per heavy atom. The summed E-state index contributed by atoms with van der Waals surface area (Å²) < 4.78 is 22.6. The summed E-state index contributed by atoms with van der Waals surface area (Å²) in [7, 11) is 1.68. The van der Waals surface area contributed by atoms with Crippen LogP contribution in [0.15, 0.2) is 83.5 Å². The molecule has 0 amide bonds. The number of furan rings is 1. The third-order valence-electron chi connectivity index (χ3n) is 7.03. The molecule has 2 atom stereocenters. The second-order valence-electron chi connectivity index (χ2n) is 9.51. The van der Waals surface area contributed by atoms with Gasteiger partial charge in [0, 0.05) is 42.4 Å². The third-order valence-corrected chi connectivity index (χ3v) is 7.03.